The van der Waals surface area contributed by atoms with Crippen LogP contribution in [0.5, 0.6) is 0 Å². The minimum Gasteiger partial charge on any atom is -0.377 e. The number of rotatable bonds is 5. The highest BCUT2D eigenvalue weighted by Gasteiger charge is 2.41. The van der Waals surface area contributed by atoms with E-state index in [1.165, 1.54) is 25.0 Å². The van der Waals surface area contributed by atoms with Crippen molar-refractivity contribution in [3.63, 3.8) is 0 Å². The molecule has 1 fully saturated rings. The van der Waals surface area contributed by atoms with Crippen LogP contribution in [0.2, 0.25) is 0 Å². The Hall–Kier alpha value is -0.930. The molecular weight excluding hydrogens is 253 g/mol. The van der Waals surface area contributed by atoms with Crippen LogP contribution >= 0.6 is 0 Å². The predicted octanol–water partition coefficient (Wildman–Crippen LogP) is 3.55. The second-order valence-electron chi connectivity index (χ2n) is 6.14. The molecule has 112 valence electrons. The fourth-order valence-corrected chi connectivity index (χ4v) is 3.60. The zero-order valence-electron chi connectivity index (χ0n) is 12.8. The van der Waals surface area contributed by atoms with Crippen molar-refractivity contribution < 1.29 is 9.13 Å². The van der Waals surface area contributed by atoms with Crippen molar-refractivity contribution >= 4 is 0 Å². The van der Waals surface area contributed by atoms with Crippen LogP contribution in [0, 0.1) is 11.7 Å². The average Bonchev–Trinajstić information content (AvgIpc) is 2.46. The fourth-order valence-electron chi connectivity index (χ4n) is 3.60. The molecular formula is C17H26FNO. The van der Waals surface area contributed by atoms with Gasteiger partial charge in [0.05, 0.1) is 5.60 Å². The Labute approximate surface area is 121 Å². The molecule has 0 radical (unpaired) electrons. The summed E-state index contributed by atoms with van der Waals surface area (Å²) < 4.78 is 19.0. The van der Waals surface area contributed by atoms with Crippen molar-refractivity contribution in [2.75, 3.05) is 14.2 Å². The van der Waals surface area contributed by atoms with Crippen LogP contribution in [0.1, 0.15) is 38.2 Å². The lowest BCUT2D eigenvalue weighted by Gasteiger charge is -2.44. The summed E-state index contributed by atoms with van der Waals surface area (Å²) in [5.41, 5.74) is 1.06. The van der Waals surface area contributed by atoms with Gasteiger partial charge in [0.15, 0.2) is 0 Å². The van der Waals surface area contributed by atoms with Gasteiger partial charge in [0.1, 0.15) is 5.82 Å². The third-order valence-electron chi connectivity index (χ3n) is 4.73. The van der Waals surface area contributed by atoms with Crippen LogP contribution < -0.4 is 5.32 Å². The molecule has 0 heterocycles. The van der Waals surface area contributed by atoms with Gasteiger partial charge < -0.3 is 10.1 Å². The Morgan fingerprint density at radius 2 is 2.10 bits per heavy atom. The normalized spacial score (nSPS) is 28.3. The molecule has 2 rings (SSSR count). The van der Waals surface area contributed by atoms with Gasteiger partial charge in [0, 0.05) is 13.2 Å². The molecule has 1 aliphatic carbocycles. The van der Waals surface area contributed by atoms with E-state index in [4.69, 9.17) is 4.74 Å². The number of nitrogens with one attached hydrogen (secondary N) is 1. The van der Waals surface area contributed by atoms with E-state index in [1.807, 2.05) is 26.3 Å². The predicted molar refractivity (Wildman–Crippen MR) is 80.3 cm³/mol. The SMILES string of the molecule is CNC(Cc1ccc(F)cc1)C1(OC)CCCC(C)C1. The lowest BCUT2D eigenvalue weighted by Crippen LogP contribution is -2.54. The van der Waals surface area contributed by atoms with Gasteiger partial charge in [-0.2, -0.15) is 0 Å². The Balaban J connectivity index is 2.14. The summed E-state index contributed by atoms with van der Waals surface area (Å²) in [5.74, 6) is 0.523. The minimum atomic E-state index is -0.178. The van der Waals surface area contributed by atoms with Crippen molar-refractivity contribution in [3.8, 4) is 0 Å². The molecule has 1 aliphatic rings. The van der Waals surface area contributed by atoms with Gasteiger partial charge in [0.2, 0.25) is 0 Å². The number of likely N-dealkylation sites (N-methyl/N-ethyl adjacent to an activating group) is 1. The third kappa shape index (κ3) is 3.39. The highest BCUT2D eigenvalue weighted by Crippen LogP contribution is 2.38. The summed E-state index contributed by atoms with van der Waals surface area (Å²) in [6.07, 6.45) is 5.57. The molecule has 1 N–H and O–H groups in total. The standard InChI is InChI=1S/C17H26FNO/c1-13-5-4-10-17(12-13,20-3)16(19-2)11-14-6-8-15(18)9-7-14/h6-9,13,16,19H,4-5,10-12H2,1-3H3. The molecule has 3 atom stereocenters. The molecule has 0 aromatic heterocycles. The molecule has 3 heteroatoms. The van der Waals surface area contributed by atoms with Crippen LogP contribution in [0.15, 0.2) is 24.3 Å². The van der Waals surface area contributed by atoms with Crippen LogP contribution in [-0.4, -0.2) is 25.8 Å². The molecule has 1 aromatic carbocycles. The first-order valence-electron chi connectivity index (χ1n) is 7.56. The Morgan fingerprint density at radius 3 is 2.65 bits per heavy atom. The van der Waals surface area contributed by atoms with E-state index in [0.29, 0.717) is 5.92 Å². The molecule has 3 unspecified atom stereocenters. The monoisotopic (exact) mass is 279 g/mol. The summed E-state index contributed by atoms with van der Waals surface area (Å²) in [7, 11) is 3.82. The smallest absolute Gasteiger partial charge is 0.123 e. The molecule has 0 spiro atoms. The van der Waals surface area contributed by atoms with Crippen molar-refractivity contribution in [3.05, 3.63) is 35.6 Å². The number of ether oxygens (including phenoxy) is 1. The van der Waals surface area contributed by atoms with Crippen molar-refractivity contribution in [1.82, 2.24) is 5.32 Å². The van der Waals surface area contributed by atoms with E-state index in [9.17, 15) is 4.39 Å². The second-order valence-corrected chi connectivity index (χ2v) is 6.14. The first kappa shape index (κ1) is 15.5. The molecule has 1 saturated carbocycles. The zero-order valence-corrected chi connectivity index (χ0v) is 12.8. The summed E-state index contributed by atoms with van der Waals surface area (Å²) >= 11 is 0. The molecule has 1 aromatic rings. The third-order valence-corrected chi connectivity index (χ3v) is 4.73. The van der Waals surface area contributed by atoms with Crippen molar-refractivity contribution in [1.29, 1.82) is 0 Å². The van der Waals surface area contributed by atoms with E-state index in [1.54, 1.807) is 0 Å². The molecule has 2 nitrogen and oxygen atoms in total. The van der Waals surface area contributed by atoms with Gasteiger partial charge in [-0.1, -0.05) is 31.9 Å². The lowest BCUT2D eigenvalue weighted by molar-refractivity contribution is -0.0775. The van der Waals surface area contributed by atoms with Crippen LogP contribution in [0.3, 0.4) is 0 Å². The topological polar surface area (TPSA) is 21.3 Å². The summed E-state index contributed by atoms with van der Waals surface area (Å²) in [4.78, 5) is 0. The maximum Gasteiger partial charge on any atom is 0.123 e. The first-order chi connectivity index (χ1) is 9.59. The number of hydrogen-bond acceptors (Lipinski definition) is 2. The molecule has 0 aliphatic heterocycles. The Kier molecular flexibility index (Phi) is 5.17. The number of methoxy groups -OCH3 is 1. The van der Waals surface area contributed by atoms with E-state index in [0.717, 1.165) is 24.8 Å². The maximum absolute atomic E-state index is 13.0. The van der Waals surface area contributed by atoms with E-state index in [2.05, 4.69) is 12.2 Å². The highest BCUT2D eigenvalue weighted by atomic mass is 19.1. The van der Waals surface area contributed by atoms with Gasteiger partial charge in [-0.25, -0.2) is 4.39 Å². The molecule has 0 saturated heterocycles. The number of halogens is 1. The van der Waals surface area contributed by atoms with Crippen LogP contribution in [0.4, 0.5) is 4.39 Å². The fraction of sp³-hybridized carbons (Fsp3) is 0.647. The number of benzene rings is 1. The molecule has 0 bridgehead atoms. The maximum atomic E-state index is 13.0. The molecule has 0 amide bonds. The quantitative estimate of drug-likeness (QED) is 0.890. The zero-order chi connectivity index (χ0) is 14.6. The van der Waals surface area contributed by atoms with Crippen molar-refractivity contribution in [2.24, 2.45) is 5.92 Å². The van der Waals surface area contributed by atoms with Gasteiger partial charge >= 0.3 is 0 Å². The Morgan fingerprint density at radius 1 is 1.40 bits per heavy atom. The van der Waals surface area contributed by atoms with E-state index < -0.39 is 0 Å². The molecule has 20 heavy (non-hydrogen) atoms. The summed E-state index contributed by atoms with van der Waals surface area (Å²) in [6, 6.07) is 7.07. The minimum absolute atomic E-state index is 0.0964. The number of hydrogen-bond donors (Lipinski definition) is 1. The van der Waals surface area contributed by atoms with Crippen LogP contribution in [0.25, 0.3) is 0 Å². The lowest BCUT2D eigenvalue weighted by atomic mass is 9.73. The first-order valence-corrected chi connectivity index (χ1v) is 7.56. The van der Waals surface area contributed by atoms with E-state index >= 15 is 0 Å². The Bertz CT molecular complexity index is 420. The van der Waals surface area contributed by atoms with Gasteiger partial charge in [-0.15, -0.1) is 0 Å². The summed E-state index contributed by atoms with van der Waals surface area (Å²) in [5, 5.41) is 3.43. The van der Waals surface area contributed by atoms with Gasteiger partial charge in [0.25, 0.3) is 0 Å². The van der Waals surface area contributed by atoms with Crippen molar-refractivity contribution in [2.45, 2.75) is 50.7 Å². The van der Waals surface area contributed by atoms with Gasteiger partial charge in [-0.3, -0.25) is 0 Å². The van der Waals surface area contributed by atoms with Gasteiger partial charge in [-0.05, 0) is 49.9 Å². The summed E-state index contributed by atoms with van der Waals surface area (Å²) in [6.45, 7) is 2.30. The van der Waals surface area contributed by atoms with E-state index in [-0.39, 0.29) is 17.5 Å². The average molecular weight is 279 g/mol. The van der Waals surface area contributed by atoms with Crippen LogP contribution in [-0.2, 0) is 11.2 Å². The second kappa shape index (κ2) is 6.68. The largest absolute Gasteiger partial charge is 0.377 e. The highest BCUT2D eigenvalue weighted by molar-refractivity contribution is 5.18.